The van der Waals surface area contributed by atoms with Crippen molar-refractivity contribution in [3.05, 3.63) is 60.2 Å². The molecule has 2 aromatic carbocycles. The van der Waals surface area contributed by atoms with Gasteiger partial charge in [-0.05, 0) is 29.8 Å². The zero-order chi connectivity index (χ0) is 17.3. The van der Waals surface area contributed by atoms with Crippen LogP contribution >= 0.6 is 12.4 Å². The molecule has 1 saturated heterocycles. The lowest BCUT2D eigenvalue weighted by Crippen LogP contribution is -2.38. The Kier molecular flexibility index (Phi) is 8.30. The summed E-state index contributed by atoms with van der Waals surface area (Å²) in [4.78, 5) is 2.35. The van der Waals surface area contributed by atoms with Gasteiger partial charge in [0.2, 0.25) is 0 Å². The summed E-state index contributed by atoms with van der Waals surface area (Å²) < 4.78 is 16.4. The number of para-hydroxylation sites is 1. The molecule has 0 radical (unpaired) electrons. The van der Waals surface area contributed by atoms with E-state index < -0.39 is 0 Å². The van der Waals surface area contributed by atoms with Crippen LogP contribution in [-0.4, -0.2) is 44.9 Å². The number of benzene rings is 2. The van der Waals surface area contributed by atoms with Crippen molar-refractivity contribution < 1.29 is 14.2 Å². The van der Waals surface area contributed by atoms with Gasteiger partial charge in [0.05, 0.1) is 26.4 Å². The Balaban J connectivity index is 0.00000243. The quantitative estimate of drug-likeness (QED) is 0.750. The van der Waals surface area contributed by atoms with Crippen LogP contribution in [0.3, 0.4) is 0 Å². The standard InChI is InChI=1S/C21H23NO3.ClH/c1-23-19-11-9-18(10-12-19)21(22-13-16-24-17-14-22)8-5-15-25-20-6-3-2-4-7-20;/h2-4,6-7,9-12,21H,13-17H2,1H3;1H. The monoisotopic (exact) mass is 373 g/mol. The van der Waals surface area contributed by atoms with E-state index in [9.17, 15) is 0 Å². The lowest BCUT2D eigenvalue weighted by atomic mass is 10.0. The van der Waals surface area contributed by atoms with E-state index in [-0.39, 0.29) is 18.4 Å². The molecule has 0 saturated carbocycles. The second kappa shape index (κ2) is 10.7. The Morgan fingerprint density at radius 1 is 1.00 bits per heavy atom. The summed E-state index contributed by atoms with van der Waals surface area (Å²) >= 11 is 0. The molecule has 5 heteroatoms. The zero-order valence-electron chi connectivity index (χ0n) is 14.9. The molecule has 138 valence electrons. The number of rotatable bonds is 5. The maximum absolute atomic E-state index is 5.68. The van der Waals surface area contributed by atoms with E-state index in [2.05, 4.69) is 28.9 Å². The molecule has 1 fully saturated rings. The van der Waals surface area contributed by atoms with Crippen LogP contribution in [-0.2, 0) is 4.74 Å². The summed E-state index contributed by atoms with van der Waals surface area (Å²) in [6.45, 7) is 3.63. The molecule has 0 amide bonds. The molecule has 1 aliphatic heterocycles. The van der Waals surface area contributed by atoms with Gasteiger partial charge in [0.25, 0.3) is 0 Å². The van der Waals surface area contributed by atoms with Crippen molar-refractivity contribution >= 4 is 12.4 Å². The van der Waals surface area contributed by atoms with Crippen LogP contribution in [0.4, 0.5) is 0 Å². The van der Waals surface area contributed by atoms with Crippen molar-refractivity contribution in [3.63, 3.8) is 0 Å². The van der Waals surface area contributed by atoms with Crippen molar-refractivity contribution in [3.8, 4) is 23.3 Å². The number of hydrogen-bond acceptors (Lipinski definition) is 4. The molecule has 1 aliphatic rings. The van der Waals surface area contributed by atoms with Gasteiger partial charge in [0.15, 0.2) is 0 Å². The zero-order valence-corrected chi connectivity index (χ0v) is 15.7. The second-order valence-electron chi connectivity index (χ2n) is 5.75. The molecular weight excluding hydrogens is 350 g/mol. The number of morpholine rings is 1. The smallest absolute Gasteiger partial charge is 0.149 e. The van der Waals surface area contributed by atoms with E-state index >= 15 is 0 Å². The normalized spacial score (nSPS) is 15.1. The average molecular weight is 374 g/mol. The number of halogens is 1. The summed E-state index contributed by atoms with van der Waals surface area (Å²) in [7, 11) is 1.68. The molecule has 1 atom stereocenters. The third-order valence-corrected chi connectivity index (χ3v) is 4.14. The van der Waals surface area contributed by atoms with E-state index in [1.807, 2.05) is 42.5 Å². The van der Waals surface area contributed by atoms with Crippen molar-refractivity contribution in [2.45, 2.75) is 6.04 Å². The topological polar surface area (TPSA) is 30.9 Å². The SMILES string of the molecule is COc1ccc(C(C#CCOc2ccccc2)N2CCOCC2)cc1.Cl. The third kappa shape index (κ3) is 5.67. The first-order chi connectivity index (χ1) is 12.4. The van der Waals surface area contributed by atoms with Gasteiger partial charge in [0, 0.05) is 13.1 Å². The maximum atomic E-state index is 5.68. The number of ether oxygens (including phenoxy) is 3. The van der Waals surface area contributed by atoms with Gasteiger partial charge in [-0.2, -0.15) is 0 Å². The Morgan fingerprint density at radius 3 is 2.35 bits per heavy atom. The maximum Gasteiger partial charge on any atom is 0.149 e. The van der Waals surface area contributed by atoms with Gasteiger partial charge < -0.3 is 14.2 Å². The lowest BCUT2D eigenvalue weighted by molar-refractivity contribution is 0.0269. The fraction of sp³-hybridized carbons (Fsp3) is 0.333. The average Bonchev–Trinajstić information content (AvgIpc) is 2.70. The summed E-state index contributed by atoms with van der Waals surface area (Å²) in [6, 6.07) is 17.9. The Bertz CT molecular complexity index is 704. The number of nitrogens with zero attached hydrogens (tertiary/aromatic N) is 1. The predicted molar refractivity (Wildman–Crippen MR) is 105 cm³/mol. The summed E-state index contributed by atoms with van der Waals surface area (Å²) in [6.07, 6.45) is 0. The molecular formula is C21H24ClNO3. The van der Waals surface area contributed by atoms with Crippen molar-refractivity contribution in [1.29, 1.82) is 0 Å². The largest absolute Gasteiger partial charge is 0.497 e. The van der Waals surface area contributed by atoms with Crippen LogP contribution in [0.5, 0.6) is 11.5 Å². The highest BCUT2D eigenvalue weighted by Gasteiger charge is 2.20. The number of methoxy groups -OCH3 is 1. The van der Waals surface area contributed by atoms with Gasteiger partial charge in [-0.3, -0.25) is 4.90 Å². The van der Waals surface area contributed by atoms with Crippen LogP contribution in [0, 0.1) is 11.8 Å². The minimum atomic E-state index is 0. The Labute approximate surface area is 161 Å². The molecule has 0 aromatic heterocycles. The van der Waals surface area contributed by atoms with E-state index in [0.29, 0.717) is 6.61 Å². The van der Waals surface area contributed by atoms with Gasteiger partial charge in [-0.15, -0.1) is 12.4 Å². The van der Waals surface area contributed by atoms with Crippen LogP contribution < -0.4 is 9.47 Å². The highest BCUT2D eigenvalue weighted by Crippen LogP contribution is 2.23. The molecule has 3 rings (SSSR count). The first kappa shape index (κ1) is 20.1. The van der Waals surface area contributed by atoms with Gasteiger partial charge in [0.1, 0.15) is 18.1 Å². The van der Waals surface area contributed by atoms with Crippen molar-refractivity contribution in [2.75, 3.05) is 40.0 Å². The molecule has 4 nitrogen and oxygen atoms in total. The highest BCUT2D eigenvalue weighted by molar-refractivity contribution is 5.85. The van der Waals surface area contributed by atoms with Gasteiger partial charge in [-0.1, -0.05) is 42.2 Å². The van der Waals surface area contributed by atoms with Crippen LogP contribution in [0.25, 0.3) is 0 Å². The van der Waals surface area contributed by atoms with Gasteiger partial charge in [-0.25, -0.2) is 0 Å². The molecule has 0 bridgehead atoms. The van der Waals surface area contributed by atoms with Crippen LogP contribution in [0.1, 0.15) is 11.6 Å². The van der Waals surface area contributed by atoms with E-state index in [1.165, 1.54) is 0 Å². The van der Waals surface area contributed by atoms with E-state index in [0.717, 1.165) is 43.4 Å². The molecule has 1 unspecified atom stereocenters. The van der Waals surface area contributed by atoms with Crippen LogP contribution in [0.15, 0.2) is 54.6 Å². The minimum Gasteiger partial charge on any atom is -0.497 e. The third-order valence-electron chi connectivity index (χ3n) is 4.14. The second-order valence-corrected chi connectivity index (χ2v) is 5.75. The molecule has 0 aliphatic carbocycles. The van der Waals surface area contributed by atoms with Crippen molar-refractivity contribution in [2.24, 2.45) is 0 Å². The fourth-order valence-electron chi connectivity index (χ4n) is 2.78. The first-order valence-corrected chi connectivity index (χ1v) is 8.49. The molecule has 0 spiro atoms. The molecule has 0 N–H and O–H groups in total. The lowest BCUT2D eigenvalue weighted by Gasteiger charge is -2.31. The van der Waals surface area contributed by atoms with Gasteiger partial charge >= 0.3 is 0 Å². The van der Waals surface area contributed by atoms with Crippen molar-refractivity contribution in [1.82, 2.24) is 4.90 Å². The summed E-state index contributed by atoms with van der Waals surface area (Å²) in [5.41, 5.74) is 1.16. The molecule has 1 heterocycles. The van der Waals surface area contributed by atoms with E-state index in [4.69, 9.17) is 14.2 Å². The summed E-state index contributed by atoms with van der Waals surface area (Å²) in [5, 5.41) is 0. The fourth-order valence-corrected chi connectivity index (χ4v) is 2.78. The Hall–Kier alpha value is -2.19. The van der Waals surface area contributed by atoms with E-state index in [1.54, 1.807) is 7.11 Å². The number of hydrogen-bond donors (Lipinski definition) is 0. The predicted octanol–water partition coefficient (Wildman–Crippen LogP) is 3.57. The minimum absolute atomic E-state index is 0. The van der Waals surface area contributed by atoms with Crippen LogP contribution in [0.2, 0.25) is 0 Å². The highest BCUT2D eigenvalue weighted by atomic mass is 35.5. The molecule has 26 heavy (non-hydrogen) atoms. The summed E-state index contributed by atoms with van der Waals surface area (Å²) in [5.74, 6) is 8.23. The molecule has 2 aromatic rings. The first-order valence-electron chi connectivity index (χ1n) is 8.49. The Morgan fingerprint density at radius 2 is 1.69 bits per heavy atom.